The van der Waals surface area contributed by atoms with E-state index < -0.39 is 0 Å². The first kappa shape index (κ1) is 10.8. The van der Waals surface area contributed by atoms with E-state index in [1.54, 1.807) is 0 Å². The highest BCUT2D eigenvalue weighted by Gasteiger charge is 2.14. The molecule has 1 aliphatic rings. The molecule has 0 bridgehead atoms. The molecule has 3 N–H and O–H groups in total. The summed E-state index contributed by atoms with van der Waals surface area (Å²) < 4.78 is 5.40. The van der Waals surface area contributed by atoms with Gasteiger partial charge in [0.2, 0.25) is 0 Å². The fourth-order valence-electron chi connectivity index (χ4n) is 1.81. The third kappa shape index (κ3) is 2.45. The van der Waals surface area contributed by atoms with E-state index in [4.69, 9.17) is 10.5 Å². The van der Waals surface area contributed by atoms with Crippen LogP contribution in [0.3, 0.4) is 0 Å². The maximum absolute atomic E-state index is 5.65. The number of nitrogens with zero attached hydrogens (tertiary/aromatic N) is 1. The lowest BCUT2D eigenvalue weighted by atomic mass is 10.0. The number of aliphatic imine (C=N–C) groups is 1. The number of guanidine groups is 1. The fraction of sp³-hybridized carbons (Fsp3) is 0.417. The largest absolute Gasteiger partial charge is 0.494 e. The Kier molecular flexibility index (Phi) is 3.29. The van der Waals surface area contributed by atoms with Gasteiger partial charge in [-0.15, -0.1) is 0 Å². The van der Waals surface area contributed by atoms with Gasteiger partial charge in [-0.2, -0.15) is 0 Å². The van der Waals surface area contributed by atoms with Gasteiger partial charge in [-0.1, -0.05) is 12.1 Å². The van der Waals surface area contributed by atoms with Crippen LogP contribution in [0.5, 0.6) is 5.75 Å². The van der Waals surface area contributed by atoms with Crippen LogP contribution in [0.2, 0.25) is 0 Å². The Labute approximate surface area is 95.5 Å². The van der Waals surface area contributed by atoms with Crippen molar-refractivity contribution in [2.24, 2.45) is 10.7 Å². The van der Waals surface area contributed by atoms with Crippen molar-refractivity contribution in [1.29, 1.82) is 0 Å². The summed E-state index contributed by atoms with van der Waals surface area (Å²) >= 11 is 0. The molecule has 0 aromatic heterocycles. The molecule has 1 unspecified atom stereocenters. The zero-order valence-corrected chi connectivity index (χ0v) is 9.44. The van der Waals surface area contributed by atoms with Crippen LogP contribution in [-0.4, -0.2) is 19.1 Å². The number of nitrogens with one attached hydrogen (secondary N) is 1. The Hall–Kier alpha value is -1.71. The van der Waals surface area contributed by atoms with Crippen LogP contribution in [0, 0.1) is 0 Å². The lowest BCUT2D eigenvalue weighted by Gasteiger charge is -2.20. The van der Waals surface area contributed by atoms with E-state index in [1.807, 2.05) is 19.1 Å². The molecule has 86 valence electrons. The monoisotopic (exact) mass is 219 g/mol. The molecule has 0 saturated carbocycles. The normalized spacial score (nSPS) is 19.8. The summed E-state index contributed by atoms with van der Waals surface area (Å²) in [5, 5.41) is 3.02. The summed E-state index contributed by atoms with van der Waals surface area (Å²) in [5.74, 6) is 1.43. The molecule has 0 aliphatic carbocycles. The molecule has 4 nitrogen and oxygen atoms in total. The quantitative estimate of drug-likeness (QED) is 0.808. The lowest BCUT2D eigenvalue weighted by Crippen LogP contribution is -2.36. The minimum atomic E-state index is 0.178. The number of hydrogen-bond acceptors (Lipinski definition) is 4. The number of nitrogens with two attached hydrogens (primary N) is 1. The van der Waals surface area contributed by atoms with Crippen LogP contribution < -0.4 is 15.8 Å². The summed E-state index contributed by atoms with van der Waals surface area (Å²) in [4.78, 5) is 4.37. The van der Waals surface area contributed by atoms with E-state index in [0.29, 0.717) is 12.6 Å². The number of hydrogen-bond donors (Lipinski definition) is 2. The Morgan fingerprint density at radius 1 is 1.44 bits per heavy atom. The summed E-state index contributed by atoms with van der Waals surface area (Å²) in [6.07, 6.45) is 0.981. The molecule has 4 heteroatoms. The van der Waals surface area contributed by atoms with Crippen LogP contribution in [-0.2, 0) is 0 Å². The van der Waals surface area contributed by atoms with Crippen molar-refractivity contribution < 1.29 is 4.74 Å². The van der Waals surface area contributed by atoms with Crippen molar-refractivity contribution in [2.45, 2.75) is 19.4 Å². The predicted molar refractivity (Wildman–Crippen MR) is 64.6 cm³/mol. The molecule has 1 aromatic carbocycles. The van der Waals surface area contributed by atoms with Crippen molar-refractivity contribution in [1.82, 2.24) is 5.32 Å². The first-order valence-corrected chi connectivity index (χ1v) is 5.59. The molecule has 0 radical (unpaired) electrons. The van der Waals surface area contributed by atoms with Gasteiger partial charge >= 0.3 is 0 Å². The molecule has 1 heterocycles. The summed E-state index contributed by atoms with van der Waals surface area (Å²) in [7, 11) is 0. The Balaban J connectivity index is 2.12. The SMILES string of the molecule is CCOc1ccc(C2CCNC(N)=N2)cc1. The van der Waals surface area contributed by atoms with Crippen LogP contribution in [0.4, 0.5) is 0 Å². The van der Waals surface area contributed by atoms with E-state index in [0.717, 1.165) is 18.7 Å². The zero-order valence-electron chi connectivity index (χ0n) is 9.44. The Morgan fingerprint density at radius 2 is 2.19 bits per heavy atom. The third-order valence-electron chi connectivity index (χ3n) is 2.59. The summed E-state index contributed by atoms with van der Waals surface area (Å²) in [6.45, 7) is 3.55. The molecule has 0 spiro atoms. The topological polar surface area (TPSA) is 59.6 Å². The van der Waals surface area contributed by atoms with Gasteiger partial charge in [0.25, 0.3) is 0 Å². The molecule has 1 atom stereocenters. The Bertz CT molecular complexity index is 372. The molecular formula is C12H17N3O. The van der Waals surface area contributed by atoms with Crippen LogP contribution in [0.15, 0.2) is 29.3 Å². The second-order valence-corrected chi connectivity index (χ2v) is 3.75. The molecular weight excluding hydrogens is 202 g/mol. The highest BCUT2D eigenvalue weighted by atomic mass is 16.5. The van der Waals surface area contributed by atoms with Gasteiger partial charge < -0.3 is 15.8 Å². The van der Waals surface area contributed by atoms with Gasteiger partial charge in [-0.25, -0.2) is 4.99 Å². The molecule has 2 rings (SSSR count). The number of benzene rings is 1. The zero-order chi connectivity index (χ0) is 11.4. The highest BCUT2D eigenvalue weighted by Crippen LogP contribution is 2.24. The fourth-order valence-corrected chi connectivity index (χ4v) is 1.81. The van der Waals surface area contributed by atoms with E-state index in [1.165, 1.54) is 5.56 Å². The second kappa shape index (κ2) is 4.88. The summed E-state index contributed by atoms with van der Waals surface area (Å²) in [5.41, 5.74) is 6.84. The third-order valence-corrected chi connectivity index (χ3v) is 2.59. The maximum Gasteiger partial charge on any atom is 0.189 e. The molecule has 0 saturated heterocycles. The van der Waals surface area contributed by atoms with E-state index in [-0.39, 0.29) is 6.04 Å². The molecule has 16 heavy (non-hydrogen) atoms. The standard InChI is InChI=1S/C12H17N3O/c1-2-16-10-5-3-9(4-6-10)11-7-8-14-12(13)15-11/h3-6,11H,2,7-8H2,1H3,(H3,13,14,15). The average Bonchev–Trinajstić information content (AvgIpc) is 2.30. The van der Waals surface area contributed by atoms with E-state index in [9.17, 15) is 0 Å². The maximum atomic E-state index is 5.65. The van der Waals surface area contributed by atoms with Gasteiger partial charge in [0.1, 0.15) is 5.75 Å². The smallest absolute Gasteiger partial charge is 0.189 e. The minimum Gasteiger partial charge on any atom is -0.494 e. The molecule has 1 aromatic rings. The van der Waals surface area contributed by atoms with Crippen molar-refractivity contribution >= 4 is 5.96 Å². The van der Waals surface area contributed by atoms with Crippen LogP contribution in [0.1, 0.15) is 24.9 Å². The van der Waals surface area contributed by atoms with Gasteiger partial charge in [-0.05, 0) is 31.0 Å². The molecule has 0 amide bonds. The second-order valence-electron chi connectivity index (χ2n) is 3.75. The van der Waals surface area contributed by atoms with Gasteiger partial charge in [-0.3, -0.25) is 0 Å². The number of rotatable bonds is 3. The number of ether oxygens (including phenoxy) is 1. The average molecular weight is 219 g/mol. The molecule has 0 fully saturated rings. The Morgan fingerprint density at radius 3 is 2.81 bits per heavy atom. The molecule has 1 aliphatic heterocycles. The van der Waals surface area contributed by atoms with Gasteiger partial charge in [0.05, 0.1) is 12.6 Å². The first-order chi connectivity index (χ1) is 7.79. The van der Waals surface area contributed by atoms with Gasteiger partial charge in [0, 0.05) is 6.54 Å². The summed E-state index contributed by atoms with van der Waals surface area (Å²) in [6, 6.07) is 8.24. The van der Waals surface area contributed by atoms with Crippen LogP contribution >= 0.6 is 0 Å². The van der Waals surface area contributed by atoms with Crippen LogP contribution in [0.25, 0.3) is 0 Å². The van der Waals surface area contributed by atoms with E-state index >= 15 is 0 Å². The first-order valence-electron chi connectivity index (χ1n) is 5.59. The minimum absolute atomic E-state index is 0.178. The highest BCUT2D eigenvalue weighted by molar-refractivity contribution is 5.78. The van der Waals surface area contributed by atoms with Gasteiger partial charge in [0.15, 0.2) is 5.96 Å². The predicted octanol–water partition coefficient (Wildman–Crippen LogP) is 1.43. The van der Waals surface area contributed by atoms with E-state index in [2.05, 4.69) is 22.4 Å². The van der Waals surface area contributed by atoms with Crippen molar-refractivity contribution in [3.8, 4) is 5.75 Å². The lowest BCUT2D eigenvalue weighted by molar-refractivity contribution is 0.340. The van der Waals surface area contributed by atoms with Crippen molar-refractivity contribution in [3.05, 3.63) is 29.8 Å². The van der Waals surface area contributed by atoms with Crippen molar-refractivity contribution in [2.75, 3.05) is 13.2 Å². The van der Waals surface area contributed by atoms with Crippen molar-refractivity contribution in [3.63, 3.8) is 0 Å².